The molecule has 2 N–H and O–H groups in total. The van der Waals surface area contributed by atoms with Gasteiger partial charge in [-0.15, -0.1) is 0 Å². The standard InChI is InChI=1S/C13H18ClN3/c1-13(2,3)10-7-5-9(6-8-10)11(15)17-12(14)16-4/h5-8H,1-4H3,(H2,15,16,17). The summed E-state index contributed by atoms with van der Waals surface area (Å²) in [6.45, 7) is 6.50. The minimum Gasteiger partial charge on any atom is -0.383 e. The van der Waals surface area contributed by atoms with E-state index < -0.39 is 0 Å². The van der Waals surface area contributed by atoms with Gasteiger partial charge >= 0.3 is 0 Å². The Morgan fingerprint density at radius 1 is 1.18 bits per heavy atom. The average Bonchev–Trinajstić information content (AvgIpc) is 2.27. The summed E-state index contributed by atoms with van der Waals surface area (Å²) in [6, 6.07) is 7.99. The Kier molecular flexibility index (Phi) is 4.29. The van der Waals surface area contributed by atoms with Gasteiger partial charge in [-0.2, -0.15) is 0 Å². The maximum atomic E-state index is 5.82. The van der Waals surface area contributed by atoms with Crippen molar-refractivity contribution in [1.29, 1.82) is 0 Å². The van der Waals surface area contributed by atoms with Crippen molar-refractivity contribution in [2.75, 3.05) is 7.05 Å². The number of hydrogen-bond acceptors (Lipinski definition) is 1. The minimum atomic E-state index is 0.132. The molecule has 0 saturated carbocycles. The largest absolute Gasteiger partial charge is 0.383 e. The summed E-state index contributed by atoms with van der Waals surface area (Å²) in [7, 11) is 1.57. The number of benzene rings is 1. The molecule has 0 atom stereocenters. The summed E-state index contributed by atoms with van der Waals surface area (Å²) in [5, 5.41) is 0.155. The van der Waals surface area contributed by atoms with Gasteiger partial charge in [-0.3, -0.25) is 4.99 Å². The van der Waals surface area contributed by atoms with Gasteiger partial charge in [0.05, 0.1) is 0 Å². The highest BCUT2D eigenvalue weighted by Gasteiger charge is 2.13. The lowest BCUT2D eigenvalue weighted by atomic mass is 9.87. The fourth-order valence-electron chi connectivity index (χ4n) is 1.35. The Morgan fingerprint density at radius 2 is 1.71 bits per heavy atom. The van der Waals surface area contributed by atoms with Crippen LogP contribution in [0.1, 0.15) is 31.9 Å². The van der Waals surface area contributed by atoms with Gasteiger partial charge in [0.1, 0.15) is 5.84 Å². The molecule has 1 aromatic carbocycles. The summed E-state index contributed by atoms with van der Waals surface area (Å²) in [4.78, 5) is 7.69. The molecule has 17 heavy (non-hydrogen) atoms. The lowest BCUT2D eigenvalue weighted by Crippen LogP contribution is -2.16. The van der Waals surface area contributed by atoms with Crippen LogP contribution in [-0.2, 0) is 5.41 Å². The van der Waals surface area contributed by atoms with E-state index in [-0.39, 0.29) is 10.7 Å². The highest BCUT2D eigenvalue weighted by atomic mass is 35.5. The number of halogens is 1. The maximum Gasteiger partial charge on any atom is 0.219 e. The third-order valence-electron chi connectivity index (χ3n) is 2.44. The third-order valence-corrected chi connectivity index (χ3v) is 2.70. The van der Waals surface area contributed by atoms with Gasteiger partial charge in [0.15, 0.2) is 0 Å². The van der Waals surface area contributed by atoms with Gasteiger partial charge < -0.3 is 5.73 Å². The van der Waals surface area contributed by atoms with Gasteiger partial charge in [-0.25, -0.2) is 4.99 Å². The molecule has 3 nitrogen and oxygen atoms in total. The normalized spacial score (nSPS) is 13.9. The lowest BCUT2D eigenvalue weighted by Gasteiger charge is -2.19. The Balaban J connectivity index is 3.00. The van der Waals surface area contributed by atoms with Crippen LogP contribution in [0, 0.1) is 0 Å². The van der Waals surface area contributed by atoms with Crippen LogP contribution in [0.25, 0.3) is 0 Å². The minimum absolute atomic E-state index is 0.132. The predicted molar refractivity (Wildman–Crippen MR) is 75.1 cm³/mol. The second-order valence-corrected chi connectivity index (χ2v) is 5.16. The van der Waals surface area contributed by atoms with Gasteiger partial charge in [0.25, 0.3) is 0 Å². The van der Waals surface area contributed by atoms with Crippen molar-refractivity contribution in [3.05, 3.63) is 35.4 Å². The zero-order valence-electron chi connectivity index (χ0n) is 10.7. The first-order valence-corrected chi connectivity index (χ1v) is 5.80. The molecule has 0 radical (unpaired) electrons. The zero-order valence-corrected chi connectivity index (χ0v) is 11.4. The van der Waals surface area contributed by atoms with Crippen LogP contribution >= 0.6 is 11.6 Å². The van der Waals surface area contributed by atoms with Crippen LogP contribution < -0.4 is 5.73 Å². The molecule has 92 valence electrons. The van der Waals surface area contributed by atoms with Crippen LogP contribution in [0.3, 0.4) is 0 Å². The summed E-state index contributed by atoms with van der Waals surface area (Å²) in [6.07, 6.45) is 0. The second kappa shape index (κ2) is 5.32. The quantitative estimate of drug-likeness (QED) is 0.466. The van der Waals surface area contributed by atoms with Crippen LogP contribution in [0.5, 0.6) is 0 Å². The molecule has 1 aromatic rings. The topological polar surface area (TPSA) is 50.7 Å². The molecule has 4 heteroatoms. The van der Waals surface area contributed by atoms with E-state index in [2.05, 4.69) is 42.9 Å². The molecule has 0 aromatic heterocycles. The van der Waals surface area contributed by atoms with Gasteiger partial charge in [-0.05, 0) is 22.6 Å². The highest BCUT2D eigenvalue weighted by molar-refractivity contribution is 6.65. The summed E-state index contributed by atoms with van der Waals surface area (Å²) < 4.78 is 0. The molecule has 0 heterocycles. The van der Waals surface area contributed by atoms with Crippen molar-refractivity contribution < 1.29 is 0 Å². The third kappa shape index (κ3) is 3.86. The van der Waals surface area contributed by atoms with E-state index in [4.69, 9.17) is 17.3 Å². The van der Waals surface area contributed by atoms with Crippen LogP contribution in [0.15, 0.2) is 34.3 Å². The Hall–Kier alpha value is -1.35. The molecule has 0 aliphatic carbocycles. The molecule has 1 rings (SSSR count). The van der Waals surface area contributed by atoms with Crippen molar-refractivity contribution in [3.8, 4) is 0 Å². The molecular formula is C13H18ClN3. The van der Waals surface area contributed by atoms with Crippen molar-refractivity contribution in [2.24, 2.45) is 15.7 Å². The second-order valence-electron chi connectivity index (χ2n) is 4.82. The fourth-order valence-corrected chi connectivity index (χ4v) is 1.45. The smallest absolute Gasteiger partial charge is 0.219 e. The van der Waals surface area contributed by atoms with E-state index in [1.54, 1.807) is 7.05 Å². The van der Waals surface area contributed by atoms with Crippen LogP contribution in [0.4, 0.5) is 0 Å². The van der Waals surface area contributed by atoms with E-state index in [1.807, 2.05) is 12.1 Å². The van der Waals surface area contributed by atoms with Crippen molar-refractivity contribution in [1.82, 2.24) is 0 Å². The van der Waals surface area contributed by atoms with E-state index >= 15 is 0 Å². The van der Waals surface area contributed by atoms with Crippen molar-refractivity contribution in [2.45, 2.75) is 26.2 Å². The predicted octanol–water partition coefficient (Wildman–Crippen LogP) is 2.91. The summed E-state index contributed by atoms with van der Waals surface area (Å²) in [5.41, 5.74) is 8.05. The van der Waals surface area contributed by atoms with E-state index in [0.717, 1.165) is 5.56 Å². The van der Waals surface area contributed by atoms with E-state index in [9.17, 15) is 0 Å². The first kappa shape index (κ1) is 13.7. The molecule has 0 aliphatic heterocycles. The SMILES string of the molecule is CN=C(Cl)N=C(N)c1ccc(C(C)(C)C)cc1. The van der Waals surface area contributed by atoms with Crippen LogP contribution in [-0.4, -0.2) is 18.2 Å². The molecule has 0 amide bonds. The zero-order chi connectivity index (χ0) is 13.1. The van der Waals surface area contributed by atoms with Crippen molar-refractivity contribution >= 4 is 22.7 Å². The average molecular weight is 252 g/mol. The number of nitrogens with two attached hydrogens (primary N) is 1. The molecule has 0 aliphatic rings. The Labute approximate surface area is 107 Å². The molecule has 0 fully saturated rings. The molecule has 0 unspecified atom stereocenters. The first-order valence-electron chi connectivity index (χ1n) is 5.42. The molecule has 0 spiro atoms. The van der Waals surface area contributed by atoms with Crippen LogP contribution in [0.2, 0.25) is 0 Å². The van der Waals surface area contributed by atoms with Gasteiger partial charge in [0, 0.05) is 12.6 Å². The van der Waals surface area contributed by atoms with Gasteiger partial charge in [-0.1, -0.05) is 45.0 Å². The Bertz CT molecular complexity index is 439. The van der Waals surface area contributed by atoms with Gasteiger partial charge in [0.2, 0.25) is 5.29 Å². The number of amidine groups is 2. The maximum absolute atomic E-state index is 5.82. The van der Waals surface area contributed by atoms with Crippen molar-refractivity contribution in [3.63, 3.8) is 0 Å². The first-order chi connectivity index (χ1) is 7.84. The Morgan fingerprint density at radius 3 is 2.12 bits per heavy atom. The number of nitrogens with zero attached hydrogens (tertiary/aromatic N) is 2. The summed E-state index contributed by atoms with van der Waals surface area (Å²) in [5.74, 6) is 0.376. The monoisotopic (exact) mass is 251 g/mol. The number of rotatable bonds is 1. The number of hydrogen-bond donors (Lipinski definition) is 1. The number of aliphatic imine (C=N–C) groups is 2. The lowest BCUT2D eigenvalue weighted by molar-refractivity contribution is 0.590. The summed E-state index contributed by atoms with van der Waals surface area (Å²) >= 11 is 5.70. The molecule has 0 bridgehead atoms. The highest BCUT2D eigenvalue weighted by Crippen LogP contribution is 2.22. The van der Waals surface area contributed by atoms with E-state index in [1.165, 1.54) is 5.56 Å². The molecule has 0 saturated heterocycles. The van der Waals surface area contributed by atoms with E-state index in [0.29, 0.717) is 5.84 Å². The fraction of sp³-hybridized carbons (Fsp3) is 0.385. The molecular weight excluding hydrogens is 234 g/mol.